The van der Waals surface area contributed by atoms with E-state index in [1.54, 1.807) is 24.4 Å². The Morgan fingerprint density at radius 3 is 2.74 bits per heavy atom. The summed E-state index contributed by atoms with van der Waals surface area (Å²) in [5.41, 5.74) is 0. The normalized spacial score (nSPS) is 10.6. The minimum atomic E-state index is -0.341. The van der Waals surface area contributed by atoms with Crippen molar-refractivity contribution in [1.82, 2.24) is 4.98 Å². The minimum absolute atomic E-state index is 0.0199. The lowest BCUT2D eigenvalue weighted by atomic mass is 10.3. The summed E-state index contributed by atoms with van der Waals surface area (Å²) in [7, 11) is 0. The Kier molecular flexibility index (Phi) is 4.37. The SMILES string of the molecule is CC(C)Oc1cccnc1Oc1ccc(F)c(Br)c1. The molecule has 0 atom stereocenters. The van der Waals surface area contributed by atoms with Gasteiger partial charge in [-0.25, -0.2) is 9.37 Å². The molecule has 0 bridgehead atoms. The second kappa shape index (κ2) is 6.02. The molecule has 0 fully saturated rings. The monoisotopic (exact) mass is 325 g/mol. The second-order valence-electron chi connectivity index (χ2n) is 4.15. The number of rotatable bonds is 4. The van der Waals surface area contributed by atoms with E-state index in [1.807, 2.05) is 13.8 Å². The van der Waals surface area contributed by atoms with Crippen LogP contribution in [0.1, 0.15) is 13.8 Å². The molecular formula is C14H13BrFNO2. The molecule has 0 aliphatic rings. The van der Waals surface area contributed by atoms with Crippen LogP contribution in [0.25, 0.3) is 0 Å². The molecule has 5 heteroatoms. The zero-order valence-electron chi connectivity index (χ0n) is 10.6. The standard InChI is InChI=1S/C14H13BrFNO2/c1-9(2)18-13-4-3-7-17-14(13)19-10-5-6-12(16)11(15)8-10/h3-9H,1-2H3. The number of benzene rings is 1. The van der Waals surface area contributed by atoms with Crippen LogP contribution in [-0.2, 0) is 0 Å². The summed E-state index contributed by atoms with van der Waals surface area (Å²) in [6.45, 7) is 3.84. The molecule has 0 saturated heterocycles. The average molecular weight is 326 g/mol. The maximum absolute atomic E-state index is 13.1. The van der Waals surface area contributed by atoms with E-state index in [0.29, 0.717) is 21.9 Å². The molecular weight excluding hydrogens is 313 g/mol. The third-order valence-corrected chi connectivity index (χ3v) is 2.81. The van der Waals surface area contributed by atoms with E-state index in [-0.39, 0.29) is 11.9 Å². The maximum Gasteiger partial charge on any atom is 0.262 e. The Hall–Kier alpha value is -1.62. The van der Waals surface area contributed by atoms with Crippen LogP contribution in [0.4, 0.5) is 4.39 Å². The van der Waals surface area contributed by atoms with E-state index in [9.17, 15) is 4.39 Å². The fourth-order valence-electron chi connectivity index (χ4n) is 1.45. The summed E-state index contributed by atoms with van der Waals surface area (Å²) < 4.78 is 24.7. The Balaban J connectivity index is 2.25. The van der Waals surface area contributed by atoms with Crippen molar-refractivity contribution < 1.29 is 13.9 Å². The first kappa shape index (κ1) is 13.8. The van der Waals surface area contributed by atoms with Crippen LogP contribution in [0, 0.1) is 5.82 Å². The molecule has 19 heavy (non-hydrogen) atoms. The molecule has 2 rings (SSSR count). The van der Waals surface area contributed by atoms with Gasteiger partial charge in [-0.1, -0.05) is 0 Å². The van der Waals surface area contributed by atoms with Gasteiger partial charge in [-0.2, -0.15) is 0 Å². The molecule has 0 N–H and O–H groups in total. The molecule has 3 nitrogen and oxygen atoms in total. The van der Waals surface area contributed by atoms with Crippen LogP contribution < -0.4 is 9.47 Å². The van der Waals surface area contributed by atoms with Crippen molar-refractivity contribution >= 4 is 15.9 Å². The molecule has 0 spiro atoms. The van der Waals surface area contributed by atoms with E-state index in [2.05, 4.69) is 20.9 Å². The molecule has 0 unspecified atom stereocenters. The van der Waals surface area contributed by atoms with Crippen LogP contribution in [0.3, 0.4) is 0 Å². The highest BCUT2D eigenvalue weighted by molar-refractivity contribution is 9.10. The molecule has 100 valence electrons. The molecule has 1 heterocycles. The van der Waals surface area contributed by atoms with Crippen LogP contribution in [0.15, 0.2) is 41.0 Å². The minimum Gasteiger partial charge on any atom is -0.485 e. The molecule has 0 saturated carbocycles. The number of hydrogen-bond acceptors (Lipinski definition) is 3. The highest BCUT2D eigenvalue weighted by atomic mass is 79.9. The molecule has 1 aromatic carbocycles. The zero-order chi connectivity index (χ0) is 13.8. The molecule has 1 aromatic heterocycles. The highest BCUT2D eigenvalue weighted by Crippen LogP contribution is 2.31. The van der Waals surface area contributed by atoms with Crippen molar-refractivity contribution in [3.8, 4) is 17.4 Å². The molecule has 0 amide bonds. The maximum atomic E-state index is 13.1. The topological polar surface area (TPSA) is 31.4 Å². The van der Waals surface area contributed by atoms with Crippen molar-refractivity contribution in [2.24, 2.45) is 0 Å². The van der Waals surface area contributed by atoms with Crippen molar-refractivity contribution in [3.63, 3.8) is 0 Å². The Labute approximate surface area is 119 Å². The molecule has 0 aliphatic heterocycles. The first-order chi connectivity index (χ1) is 9.06. The fraction of sp³-hybridized carbons (Fsp3) is 0.214. The first-order valence-corrected chi connectivity index (χ1v) is 6.60. The lowest BCUT2D eigenvalue weighted by Gasteiger charge is -2.13. The third kappa shape index (κ3) is 3.67. The van der Waals surface area contributed by atoms with Gasteiger partial charge in [0, 0.05) is 6.20 Å². The zero-order valence-corrected chi connectivity index (χ0v) is 12.1. The first-order valence-electron chi connectivity index (χ1n) is 5.81. The van der Waals surface area contributed by atoms with Crippen molar-refractivity contribution in [3.05, 3.63) is 46.8 Å². The van der Waals surface area contributed by atoms with Crippen molar-refractivity contribution in [1.29, 1.82) is 0 Å². The van der Waals surface area contributed by atoms with Gasteiger partial charge in [-0.15, -0.1) is 0 Å². The lowest BCUT2D eigenvalue weighted by Crippen LogP contribution is -2.07. The van der Waals surface area contributed by atoms with Gasteiger partial charge in [-0.05, 0) is 60.1 Å². The summed E-state index contributed by atoms with van der Waals surface area (Å²) in [6, 6.07) is 7.95. The van der Waals surface area contributed by atoms with Gasteiger partial charge in [0.2, 0.25) is 0 Å². The Morgan fingerprint density at radius 1 is 1.26 bits per heavy atom. The molecule has 0 aliphatic carbocycles. The smallest absolute Gasteiger partial charge is 0.262 e. The third-order valence-electron chi connectivity index (χ3n) is 2.20. The van der Waals surface area contributed by atoms with Crippen LogP contribution in [0.2, 0.25) is 0 Å². The van der Waals surface area contributed by atoms with Crippen LogP contribution >= 0.6 is 15.9 Å². The molecule has 0 radical (unpaired) electrons. The number of halogens is 2. The van der Waals surface area contributed by atoms with Gasteiger partial charge in [0.05, 0.1) is 10.6 Å². The second-order valence-corrected chi connectivity index (χ2v) is 5.01. The summed E-state index contributed by atoms with van der Waals surface area (Å²) >= 11 is 3.11. The van der Waals surface area contributed by atoms with E-state index < -0.39 is 0 Å². The van der Waals surface area contributed by atoms with Gasteiger partial charge in [0.25, 0.3) is 5.88 Å². The summed E-state index contributed by atoms with van der Waals surface area (Å²) in [5.74, 6) is 1.06. The summed E-state index contributed by atoms with van der Waals surface area (Å²) in [4.78, 5) is 4.12. The van der Waals surface area contributed by atoms with Gasteiger partial charge in [-0.3, -0.25) is 0 Å². The highest BCUT2D eigenvalue weighted by Gasteiger charge is 2.10. The lowest BCUT2D eigenvalue weighted by molar-refractivity contribution is 0.231. The Bertz CT molecular complexity index is 575. The van der Waals surface area contributed by atoms with E-state index >= 15 is 0 Å². The predicted octanol–water partition coefficient (Wildman–Crippen LogP) is 4.56. The van der Waals surface area contributed by atoms with E-state index in [1.165, 1.54) is 12.1 Å². The Morgan fingerprint density at radius 2 is 2.05 bits per heavy atom. The fourth-order valence-corrected chi connectivity index (χ4v) is 1.81. The number of ether oxygens (including phenoxy) is 2. The molecule has 2 aromatic rings. The van der Waals surface area contributed by atoms with Crippen molar-refractivity contribution in [2.75, 3.05) is 0 Å². The average Bonchev–Trinajstić information content (AvgIpc) is 2.36. The predicted molar refractivity (Wildman–Crippen MR) is 74.2 cm³/mol. The van der Waals surface area contributed by atoms with Gasteiger partial charge in [0.1, 0.15) is 11.6 Å². The largest absolute Gasteiger partial charge is 0.485 e. The number of aromatic nitrogens is 1. The van der Waals surface area contributed by atoms with Crippen LogP contribution in [0.5, 0.6) is 17.4 Å². The van der Waals surface area contributed by atoms with E-state index in [0.717, 1.165) is 0 Å². The van der Waals surface area contributed by atoms with Crippen LogP contribution in [-0.4, -0.2) is 11.1 Å². The van der Waals surface area contributed by atoms with Gasteiger partial charge in [0.15, 0.2) is 5.75 Å². The number of nitrogens with zero attached hydrogens (tertiary/aromatic N) is 1. The van der Waals surface area contributed by atoms with Gasteiger partial charge < -0.3 is 9.47 Å². The van der Waals surface area contributed by atoms with Crippen molar-refractivity contribution in [2.45, 2.75) is 20.0 Å². The number of pyridine rings is 1. The summed E-state index contributed by atoms with van der Waals surface area (Å²) in [6.07, 6.45) is 1.63. The quantitative estimate of drug-likeness (QED) is 0.825. The summed E-state index contributed by atoms with van der Waals surface area (Å²) in [5, 5.41) is 0. The van der Waals surface area contributed by atoms with Gasteiger partial charge >= 0.3 is 0 Å². The number of hydrogen-bond donors (Lipinski definition) is 0. The van der Waals surface area contributed by atoms with E-state index in [4.69, 9.17) is 9.47 Å².